The van der Waals surface area contributed by atoms with Crippen molar-refractivity contribution in [2.24, 2.45) is 0 Å². The summed E-state index contributed by atoms with van der Waals surface area (Å²) >= 11 is 0. The molecule has 9 heteroatoms. The van der Waals surface area contributed by atoms with Crippen molar-refractivity contribution < 1.29 is 20.1 Å². The molecule has 102 valence electrons. The number of nitrogens with zero attached hydrogens (tertiary/aromatic N) is 4. The van der Waals surface area contributed by atoms with Gasteiger partial charge in [-0.1, -0.05) is 0 Å². The monoisotopic (exact) mass is 267 g/mol. The molecule has 0 aliphatic carbocycles. The maximum absolute atomic E-state index is 9.95. The molecule has 0 radical (unpaired) electrons. The van der Waals surface area contributed by atoms with Gasteiger partial charge >= 0.3 is 0 Å². The Balaban J connectivity index is 2.04. The topological polar surface area (TPSA) is 140 Å². The van der Waals surface area contributed by atoms with E-state index in [4.69, 9.17) is 15.6 Å². The van der Waals surface area contributed by atoms with E-state index >= 15 is 0 Å². The first kappa shape index (κ1) is 12.2. The van der Waals surface area contributed by atoms with E-state index in [1.165, 1.54) is 17.2 Å². The van der Waals surface area contributed by atoms with E-state index in [2.05, 4.69) is 15.0 Å². The summed E-state index contributed by atoms with van der Waals surface area (Å²) in [6, 6.07) is 0. The Kier molecular flexibility index (Phi) is 2.82. The van der Waals surface area contributed by atoms with E-state index in [1.54, 1.807) is 0 Å². The molecule has 0 aromatic carbocycles. The minimum atomic E-state index is -1.19. The van der Waals surface area contributed by atoms with Crippen LogP contribution in [0.2, 0.25) is 0 Å². The minimum absolute atomic E-state index is 0.218. The predicted octanol–water partition coefficient (Wildman–Crippen LogP) is -1.98. The highest BCUT2D eigenvalue weighted by Crippen LogP contribution is 2.31. The Labute approximate surface area is 107 Å². The highest BCUT2D eigenvalue weighted by atomic mass is 16.6. The van der Waals surface area contributed by atoms with Crippen LogP contribution in [0.1, 0.15) is 6.23 Å². The Morgan fingerprint density at radius 2 is 2.05 bits per heavy atom. The van der Waals surface area contributed by atoms with Crippen molar-refractivity contribution in [2.75, 3.05) is 12.3 Å². The van der Waals surface area contributed by atoms with Crippen molar-refractivity contribution in [1.29, 1.82) is 0 Å². The van der Waals surface area contributed by atoms with Crippen molar-refractivity contribution in [1.82, 2.24) is 19.5 Å². The normalized spacial score (nSPS) is 31.1. The molecule has 1 aliphatic rings. The van der Waals surface area contributed by atoms with Gasteiger partial charge in [-0.3, -0.25) is 4.57 Å². The number of anilines is 1. The fraction of sp³-hybridized carbons (Fsp3) is 0.500. The van der Waals surface area contributed by atoms with Crippen molar-refractivity contribution in [3.8, 4) is 0 Å². The number of hydrogen-bond donors (Lipinski definition) is 4. The van der Waals surface area contributed by atoms with Gasteiger partial charge in [-0.2, -0.15) is 0 Å². The number of nitrogens with two attached hydrogens (primary N) is 1. The second-order valence-electron chi connectivity index (χ2n) is 4.31. The molecule has 0 spiro atoms. The lowest BCUT2D eigenvalue weighted by atomic mass is 10.1. The van der Waals surface area contributed by atoms with Gasteiger partial charge in [0.05, 0.1) is 12.9 Å². The fourth-order valence-corrected chi connectivity index (χ4v) is 2.17. The number of hydrogen-bond acceptors (Lipinski definition) is 8. The zero-order valence-electron chi connectivity index (χ0n) is 9.79. The first-order valence-electron chi connectivity index (χ1n) is 5.69. The summed E-state index contributed by atoms with van der Waals surface area (Å²) in [5, 5.41) is 28.7. The average Bonchev–Trinajstić information content (AvgIpc) is 2.94. The molecule has 2 aromatic heterocycles. The molecule has 0 saturated carbocycles. The number of nitrogen functional groups attached to an aromatic ring is 1. The summed E-state index contributed by atoms with van der Waals surface area (Å²) in [7, 11) is 0. The number of aliphatic hydroxyl groups is 3. The fourth-order valence-electron chi connectivity index (χ4n) is 2.17. The molecule has 9 nitrogen and oxygen atoms in total. The van der Waals surface area contributed by atoms with Gasteiger partial charge < -0.3 is 25.8 Å². The van der Waals surface area contributed by atoms with E-state index in [0.29, 0.717) is 11.2 Å². The van der Waals surface area contributed by atoms with Gasteiger partial charge in [0.2, 0.25) is 0 Å². The summed E-state index contributed by atoms with van der Waals surface area (Å²) in [6.07, 6.45) is -1.42. The lowest BCUT2D eigenvalue weighted by Gasteiger charge is -2.16. The van der Waals surface area contributed by atoms with Crippen LogP contribution in [0.3, 0.4) is 0 Å². The molecule has 0 amide bonds. The van der Waals surface area contributed by atoms with E-state index < -0.39 is 31.1 Å². The number of aliphatic hydroxyl groups excluding tert-OH is 3. The summed E-state index contributed by atoms with van der Waals surface area (Å²) in [5.74, 6) is 0.218. The minimum Gasteiger partial charge on any atom is -0.394 e. The number of imidazole rings is 1. The van der Waals surface area contributed by atoms with Crippen LogP contribution in [0.5, 0.6) is 0 Å². The number of aromatic nitrogens is 4. The predicted molar refractivity (Wildman–Crippen MR) is 62.7 cm³/mol. The van der Waals surface area contributed by atoms with Crippen LogP contribution in [0, 0.1) is 0 Å². The third kappa shape index (κ3) is 1.75. The molecule has 4 atom stereocenters. The molecular weight excluding hydrogens is 254 g/mol. The molecule has 1 aliphatic heterocycles. The third-order valence-electron chi connectivity index (χ3n) is 3.18. The Hall–Kier alpha value is -1.81. The lowest BCUT2D eigenvalue weighted by Crippen LogP contribution is -2.33. The molecule has 0 bridgehead atoms. The SMILES string of the molecule is Nc1ncnc2c1ncn2C1OC(CO)[C@@H](O)C1O. The van der Waals surface area contributed by atoms with Gasteiger partial charge in [0.1, 0.15) is 30.2 Å². The molecule has 3 unspecified atom stereocenters. The summed E-state index contributed by atoms with van der Waals surface area (Å²) < 4.78 is 6.85. The Bertz CT molecular complexity index is 603. The second kappa shape index (κ2) is 4.38. The molecular formula is C10H13N5O4. The zero-order chi connectivity index (χ0) is 13.6. The average molecular weight is 267 g/mol. The highest BCUT2D eigenvalue weighted by molar-refractivity contribution is 5.81. The lowest BCUT2D eigenvalue weighted by molar-refractivity contribution is -0.0511. The van der Waals surface area contributed by atoms with Gasteiger partial charge in [0.25, 0.3) is 0 Å². The third-order valence-corrected chi connectivity index (χ3v) is 3.18. The number of fused-ring (bicyclic) bond motifs is 1. The standard InChI is InChI=1S/C10H13N5O4/c11-8-5-9(13-2-12-8)15(3-14-5)10-7(18)6(17)4(1-16)19-10/h2-4,6-7,10,16-18H,1H2,(H2,11,12,13)/t4?,6-,7?,10?/m1/s1. The van der Waals surface area contributed by atoms with Crippen LogP contribution < -0.4 is 5.73 Å². The number of rotatable bonds is 2. The first-order valence-corrected chi connectivity index (χ1v) is 5.69. The second-order valence-corrected chi connectivity index (χ2v) is 4.31. The van der Waals surface area contributed by atoms with Gasteiger partial charge in [0, 0.05) is 0 Å². The van der Waals surface area contributed by atoms with Crippen molar-refractivity contribution in [2.45, 2.75) is 24.5 Å². The van der Waals surface area contributed by atoms with Gasteiger partial charge in [-0.25, -0.2) is 15.0 Å². The van der Waals surface area contributed by atoms with Gasteiger partial charge in [-0.05, 0) is 0 Å². The van der Waals surface area contributed by atoms with Crippen LogP contribution in [-0.2, 0) is 4.74 Å². The van der Waals surface area contributed by atoms with Gasteiger partial charge in [-0.15, -0.1) is 0 Å². The molecule has 3 heterocycles. The maximum atomic E-state index is 9.95. The summed E-state index contributed by atoms with van der Waals surface area (Å²) in [6.45, 7) is -0.390. The van der Waals surface area contributed by atoms with E-state index in [1.807, 2.05) is 0 Å². The van der Waals surface area contributed by atoms with Crippen LogP contribution in [-0.4, -0.2) is 59.8 Å². The van der Waals surface area contributed by atoms with Crippen LogP contribution in [0.4, 0.5) is 5.82 Å². The van der Waals surface area contributed by atoms with E-state index in [0.717, 1.165) is 0 Å². The highest BCUT2D eigenvalue weighted by Gasteiger charge is 2.43. The molecule has 2 aromatic rings. The van der Waals surface area contributed by atoms with E-state index in [-0.39, 0.29) is 5.82 Å². The van der Waals surface area contributed by atoms with Crippen LogP contribution >= 0.6 is 0 Å². The van der Waals surface area contributed by atoms with Crippen LogP contribution in [0.25, 0.3) is 11.2 Å². The maximum Gasteiger partial charge on any atom is 0.167 e. The molecule has 5 N–H and O–H groups in total. The molecule has 19 heavy (non-hydrogen) atoms. The molecule has 1 fully saturated rings. The Morgan fingerprint density at radius 1 is 1.26 bits per heavy atom. The first-order chi connectivity index (χ1) is 9.13. The van der Waals surface area contributed by atoms with Crippen LogP contribution in [0.15, 0.2) is 12.7 Å². The van der Waals surface area contributed by atoms with Crippen molar-refractivity contribution >= 4 is 17.0 Å². The van der Waals surface area contributed by atoms with Crippen molar-refractivity contribution in [3.05, 3.63) is 12.7 Å². The quantitative estimate of drug-likeness (QED) is 0.491. The van der Waals surface area contributed by atoms with Crippen molar-refractivity contribution in [3.63, 3.8) is 0 Å². The zero-order valence-corrected chi connectivity index (χ0v) is 9.79. The largest absolute Gasteiger partial charge is 0.394 e. The van der Waals surface area contributed by atoms with E-state index in [9.17, 15) is 10.2 Å². The number of ether oxygens (including phenoxy) is 1. The molecule has 3 rings (SSSR count). The smallest absolute Gasteiger partial charge is 0.167 e. The van der Waals surface area contributed by atoms with Gasteiger partial charge in [0.15, 0.2) is 17.7 Å². The Morgan fingerprint density at radius 3 is 2.74 bits per heavy atom. The summed E-state index contributed by atoms with van der Waals surface area (Å²) in [5.41, 5.74) is 6.44. The molecule has 1 saturated heterocycles. The summed E-state index contributed by atoms with van der Waals surface area (Å²) in [4.78, 5) is 11.9.